The minimum absolute atomic E-state index is 0.114. The minimum atomic E-state index is -4.22. The number of aryl methyl sites for hydroxylation is 1. The highest BCUT2D eigenvalue weighted by Crippen LogP contribution is 2.24. The molecular formula is C11H12F2N4O2S. The Labute approximate surface area is 114 Å². The van der Waals surface area contributed by atoms with Crippen LogP contribution in [0.25, 0.3) is 0 Å². The Morgan fingerprint density at radius 1 is 1.30 bits per heavy atom. The molecule has 6 nitrogen and oxygen atoms in total. The molecule has 0 aliphatic heterocycles. The van der Waals surface area contributed by atoms with E-state index < -0.39 is 32.1 Å². The van der Waals surface area contributed by atoms with Crippen molar-refractivity contribution in [1.29, 1.82) is 0 Å². The molecule has 2 aromatic rings. The number of anilines is 1. The second-order valence-corrected chi connectivity index (χ2v) is 5.99. The van der Waals surface area contributed by atoms with E-state index in [0.717, 1.165) is 12.1 Å². The molecule has 0 amide bonds. The molecular weight excluding hydrogens is 290 g/mol. The van der Waals surface area contributed by atoms with Gasteiger partial charge in [0.05, 0.1) is 0 Å². The van der Waals surface area contributed by atoms with Crippen LogP contribution in [0.1, 0.15) is 12.7 Å². The maximum atomic E-state index is 13.7. The smallest absolute Gasteiger partial charge is 0.191 e. The monoisotopic (exact) mass is 302 g/mol. The first-order chi connectivity index (χ1) is 9.35. The third-order valence-electron chi connectivity index (χ3n) is 2.65. The normalized spacial score (nSPS) is 11.8. The largest absolute Gasteiger partial charge is 0.399 e. The number of nitrogens with two attached hydrogens (primary N) is 1. The molecule has 0 aliphatic rings. The van der Waals surface area contributed by atoms with Crippen LogP contribution in [0, 0.1) is 11.6 Å². The standard InChI is InChI=1S/C11H12F2N4O2S/c1-2-17-10(15-6-16-17)5-20(18,19)11-8(12)3-7(14)4-9(11)13/h3-4,6H,2,5,14H2,1H3. The van der Waals surface area contributed by atoms with E-state index >= 15 is 0 Å². The maximum Gasteiger partial charge on any atom is 0.191 e. The van der Waals surface area contributed by atoms with E-state index in [-0.39, 0.29) is 11.5 Å². The molecule has 0 saturated heterocycles. The fourth-order valence-electron chi connectivity index (χ4n) is 1.78. The van der Waals surface area contributed by atoms with Crippen LogP contribution in [0.5, 0.6) is 0 Å². The zero-order valence-electron chi connectivity index (χ0n) is 10.5. The molecule has 0 radical (unpaired) electrons. The van der Waals surface area contributed by atoms with Gasteiger partial charge in [-0.05, 0) is 19.1 Å². The van der Waals surface area contributed by atoms with Crippen molar-refractivity contribution in [3.8, 4) is 0 Å². The molecule has 20 heavy (non-hydrogen) atoms. The summed E-state index contributed by atoms with van der Waals surface area (Å²) in [6, 6.07) is 1.53. The van der Waals surface area contributed by atoms with Gasteiger partial charge in [0.25, 0.3) is 0 Å². The third kappa shape index (κ3) is 2.62. The molecule has 1 aromatic carbocycles. The number of benzene rings is 1. The van der Waals surface area contributed by atoms with Crippen molar-refractivity contribution in [2.24, 2.45) is 0 Å². The van der Waals surface area contributed by atoms with Crippen molar-refractivity contribution in [1.82, 2.24) is 14.8 Å². The van der Waals surface area contributed by atoms with Gasteiger partial charge in [0.15, 0.2) is 9.84 Å². The first kappa shape index (κ1) is 14.4. The summed E-state index contributed by atoms with van der Waals surface area (Å²) in [6.07, 6.45) is 1.18. The van der Waals surface area contributed by atoms with Gasteiger partial charge < -0.3 is 5.73 Å². The fraction of sp³-hybridized carbons (Fsp3) is 0.273. The van der Waals surface area contributed by atoms with E-state index in [1.165, 1.54) is 11.0 Å². The molecule has 0 unspecified atom stereocenters. The van der Waals surface area contributed by atoms with Gasteiger partial charge >= 0.3 is 0 Å². The lowest BCUT2D eigenvalue weighted by Gasteiger charge is -2.08. The van der Waals surface area contributed by atoms with Crippen molar-refractivity contribution < 1.29 is 17.2 Å². The molecule has 0 fully saturated rings. The van der Waals surface area contributed by atoms with Gasteiger partial charge in [0, 0.05) is 12.2 Å². The topological polar surface area (TPSA) is 90.9 Å². The Bertz CT molecular complexity index is 720. The average Bonchev–Trinajstić information content (AvgIpc) is 2.73. The van der Waals surface area contributed by atoms with Crippen LogP contribution in [-0.2, 0) is 22.1 Å². The van der Waals surface area contributed by atoms with E-state index in [2.05, 4.69) is 10.1 Å². The van der Waals surface area contributed by atoms with E-state index in [1.54, 1.807) is 6.92 Å². The van der Waals surface area contributed by atoms with Gasteiger partial charge in [0.2, 0.25) is 0 Å². The summed E-state index contributed by atoms with van der Waals surface area (Å²) in [5, 5.41) is 3.81. The molecule has 1 heterocycles. The van der Waals surface area contributed by atoms with Crippen molar-refractivity contribution in [2.75, 3.05) is 5.73 Å². The van der Waals surface area contributed by atoms with Gasteiger partial charge in [0.1, 0.15) is 34.4 Å². The summed E-state index contributed by atoms with van der Waals surface area (Å²) < 4.78 is 52.9. The quantitative estimate of drug-likeness (QED) is 0.855. The molecule has 2 N–H and O–H groups in total. The zero-order valence-corrected chi connectivity index (χ0v) is 11.4. The second kappa shape index (κ2) is 5.16. The highest BCUT2D eigenvalue weighted by atomic mass is 32.2. The number of hydrogen-bond donors (Lipinski definition) is 1. The van der Waals surface area contributed by atoms with Gasteiger partial charge in [-0.1, -0.05) is 0 Å². The highest BCUT2D eigenvalue weighted by molar-refractivity contribution is 7.90. The molecule has 0 spiro atoms. The molecule has 9 heteroatoms. The molecule has 2 rings (SSSR count). The van der Waals surface area contributed by atoms with Crippen LogP contribution in [0.4, 0.5) is 14.5 Å². The Balaban J connectivity index is 2.46. The first-order valence-corrected chi connectivity index (χ1v) is 7.34. The maximum absolute atomic E-state index is 13.7. The van der Waals surface area contributed by atoms with E-state index in [1.807, 2.05) is 0 Å². The summed E-state index contributed by atoms with van der Waals surface area (Å²) in [4.78, 5) is 2.78. The van der Waals surface area contributed by atoms with Crippen LogP contribution in [-0.4, -0.2) is 23.2 Å². The van der Waals surface area contributed by atoms with Gasteiger partial charge in [-0.15, -0.1) is 0 Å². The SMILES string of the molecule is CCn1ncnc1CS(=O)(=O)c1c(F)cc(N)cc1F. The Morgan fingerprint density at radius 2 is 1.90 bits per heavy atom. The Hall–Kier alpha value is -2.03. The first-order valence-electron chi connectivity index (χ1n) is 5.69. The van der Waals surface area contributed by atoms with Gasteiger partial charge in [-0.2, -0.15) is 5.10 Å². The van der Waals surface area contributed by atoms with Crippen molar-refractivity contribution >= 4 is 15.5 Å². The molecule has 0 bridgehead atoms. The van der Waals surface area contributed by atoms with Crippen LogP contribution < -0.4 is 5.73 Å². The van der Waals surface area contributed by atoms with Crippen molar-refractivity contribution in [3.05, 3.63) is 35.9 Å². The lowest BCUT2D eigenvalue weighted by molar-refractivity contribution is 0.518. The van der Waals surface area contributed by atoms with Crippen LogP contribution in [0.15, 0.2) is 23.4 Å². The van der Waals surface area contributed by atoms with Crippen LogP contribution >= 0.6 is 0 Å². The second-order valence-electron chi connectivity index (χ2n) is 4.06. The number of rotatable bonds is 4. The number of hydrogen-bond acceptors (Lipinski definition) is 5. The average molecular weight is 302 g/mol. The summed E-state index contributed by atoms with van der Waals surface area (Å²) in [5.74, 6) is -2.96. The van der Waals surface area contributed by atoms with Crippen molar-refractivity contribution in [3.63, 3.8) is 0 Å². The molecule has 0 saturated carbocycles. The van der Waals surface area contributed by atoms with Crippen molar-refractivity contribution in [2.45, 2.75) is 24.1 Å². The minimum Gasteiger partial charge on any atom is -0.399 e. The van der Waals surface area contributed by atoms with E-state index in [9.17, 15) is 17.2 Å². The number of aromatic nitrogens is 3. The lowest BCUT2D eigenvalue weighted by atomic mass is 10.3. The molecule has 1 aromatic heterocycles. The summed E-state index contributed by atoms with van der Waals surface area (Å²) >= 11 is 0. The summed E-state index contributed by atoms with van der Waals surface area (Å²) in [6.45, 7) is 2.15. The number of halogens is 2. The van der Waals surface area contributed by atoms with Gasteiger partial charge in [-0.25, -0.2) is 26.9 Å². The summed E-state index contributed by atoms with van der Waals surface area (Å²) in [7, 11) is -4.22. The number of sulfone groups is 1. The summed E-state index contributed by atoms with van der Waals surface area (Å²) in [5.41, 5.74) is 5.07. The molecule has 0 aliphatic carbocycles. The highest BCUT2D eigenvalue weighted by Gasteiger charge is 2.26. The number of nitrogen functional groups attached to an aromatic ring is 1. The van der Waals surface area contributed by atoms with Crippen LogP contribution in [0.2, 0.25) is 0 Å². The molecule has 108 valence electrons. The molecule has 0 atom stereocenters. The van der Waals surface area contributed by atoms with Gasteiger partial charge in [-0.3, -0.25) is 0 Å². The predicted molar refractivity (Wildman–Crippen MR) is 67.4 cm³/mol. The number of nitrogens with zero attached hydrogens (tertiary/aromatic N) is 3. The Morgan fingerprint density at radius 3 is 2.45 bits per heavy atom. The van der Waals surface area contributed by atoms with E-state index in [0.29, 0.717) is 6.54 Å². The van der Waals surface area contributed by atoms with E-state index in [4.69, 9.17) is 5.73 Å². The third-order valence-corrected chi connectivity index (χ3v) is 4.30. The fourth-order valence-corrected chi connectivity index (χ4v) is 3.20. The lowest BCUT2D eigenvalue weighted by Crippen LogP contribution is -2.14. The predicted octanol–water partition coefficient (Wildman–Crippen LogP) is 1.13. The Kier molecular flexibility index (Phi) is 3.71. The zero-order chi connectivity index (χ0) is 14.9. The van der Waals surface area contributed by atoms with Crippen LogP contribution in [0.3, 0.4) is 0 Å².